The summed E-state index contributed by atoms with van der Waals surface area (Å²) in [7, 11) is 1.33. The first-order valence-electron chi connectivity index (χ1n) is 8.63. The van der Waals surface area contributed by atoms with E-state index in [1.807, 2.05) is 0 Å². The van der Waals surface area contributed by atoms with Crippen molar-refractivity contribution in [3.8, 4) is 16.3 Å². The van der Waals surface area contributed by atoms with Gasteiger partial charge in [0, 0.05) is 40.7 Å². The third kappa shape index (κ3) is 3.88. The fraction of sp³-hybridized carbons (Fsp3) is 0.211. The number of carbonyl (C=O) groups excluding carboxylic acids is 1. The quantitative estimate of drug-likeness (QED) is 0.635. The van der Waals surface area contributed by atoms with E-state index in [0.717, 1.165) is 17.7 Å². The molecule has 2 atom stereocenters. The topological polar surface area (TPSA) is 76.1 Å². The minimum atomic E-state index is -0.890. The van der Waals surface area contributed by atoms with Gasteiger partial charge in [-0.25, -0.2) is 8.78 Å². The van der Waals surface area contributed by atoms with Crippen molar-refractivity contribution in [2.24, 2.45) is 0 Å². The zero-order chi connectivity index (χ0) is 20.5. The fourth-order valence-electron chi connectivity index (χ4n) is 3.21. The molecular weight excluding hydrogens is 422 g/mol. The minimum Gasteiger partial charge on any atom is -0.497 e. The average Bonchev–Trinajstić information content (AvgIpc) is 3.30. The zero-order valence-electron chi connectivity index (χ0n) is 15.1. The molecule has 0 bridgehead atoms. The SMILES string of the molecule is COc1cc(F)c(C2CNC(=O)[C@@H]2Nc2nnc(-c3ccc(Cl)cc3)s2)c(F)c1. The Balaban J connectivity index is 1.59. The number of hydrogen-bond donors (Lipinski definition) is 2. The summed E-state index contributed by atoms with van der Waals surface area (Å²) < 4.78 is 33.9. The van der Waals surface area contributed by atoms with Crippen LogP contribution in [0.15, 0.2) is 36.4 Å². The van der Waals surface area contributed by atoms with Gasteiger partial charge in [0.2, 0.25) is 11.0 Å². The van der Waals surface area contributed by atoms with Crippen LogP contribution >= 0.6 is 22.9 Å². The van der Waals surface area contributed by atoms with Gasteiger partial charge in [0.05, 0.1) is 7.11 Å². The molecule has 0 saturated carbocycles. The van der Waals surface area contributed by atoms with E-state index < -0.39 is 23.6 Å². The predicted molar refractivity (Wildman–Crippen MR) is 106 cm³/mol. The molecule has 0 aliphatic carbocycles. The van der Waals surface area contributed by atoms with Gasteiger partial charge in [0.15, 0.2) is 0 Å². The number of halogens is 3. The highest BCUT2D eigenvalue weighted by Gasteiger charge is 2.39. The third-order valence-electron chi connectivity index (χ3n) is 4.64. The number of nitrogens with zero attached hydrogens (tertiary/aromatic N) is 2. The Labute approximate surface area is 173 Å². The highest BCUT2D eigenvalue weighted by molar-refractivity contribution is 7.18. The Bertz CT molecular complexity index is 1040. The number of amides is 1. The highest BCUT2D eigenvalue weighted by Crippen LogP contribution is 2.34. The number of anilines is 1. The van der Waals surface area contributed by atoms with Crippen LogP contribution < -0.4 is 15.4 Å². The van der Waals surface area contributed by atoms with Crippen molar-refractivity contribution in [1.82, 2.24) is 15.5 Å². The number of carbonyl (C=O) groups is 1. The number of benzene rings is 2. The second kappa shape index (κ2) is 7.92. The van der Waals surface area contributed by atoms with E-state index >= 15 is 0 Å². The van der Waals surface area contributed by atoms with Crippen molar-refractivity contribution in [1.29, 1.82) is 0 Å². The molecule has 2 aromatic carbocycles. The molecule has 10 heteroatoms. The van der Waals surface area contributed by atoms with Crippen molar-refractivity contribution in [2.45, 2.75) is 12.0 Å². The van der Waals surface area contributed by atoms with Gasteiger partial charge in [-0.2, -0.15) is 0 Å². The summed E-state index contributed by atoms with van der Waals surface area (Å²) >= 11 is 7.12. The number of aromatic nitrogens is 2. The molecule has 1 saturated heterocycles. The molecule has 4 rings (SSSR count). The van der Waals surface area contributed by atoms with E-state index in [1.54, 1.807) is 24.3 Å². The molecule has 0 spiro atoms. The van der Waals surface area contributed by atoms with Crippen molar-refractivity contribution >= 4 is 34.0 Å². The maximum atomic E-state index is 14.5. The monoisotopic (exact) mass is 436 g/mol. The largest absolute Gasteiger partial charge is 0.497 e. The maximum Gasteiger partial charge on any atom is 0.243 e. The van der Waals surface area contributed by atoms with E-state index in [4.69, 9.17) is 16.3 Å². The van der Waals surface area contributed by atoms with Crippen LogP contribution in [-0.4, -0.2) is 35.8 Å². The van der Waals surface area contributed by atoms with Gasteiger partial charge in [-0.1, -0.05) is 35.1 Å². The summed E-state index contributed by atoms with van der Waals surface area (Å²) in [4.78, 5) is 12.3. The fourth-order valence-corrected chi connectivity index (χ4v) is 4.13. The van der Waals surface area contributed by atoms with Crippen LogP contribution in [0.5, 0.6) is 5.75 Å². The summed E-state index contributed by atoms with van der Waals surface area (Å²) in [5.41, 5.74) is 0.642. The molecule has 1 aromatic heterocycles. The van der Waals surface area contributed by atoms with Crippen LogP contribution in [-0.2, 0) is 4.79 Å². The van der Waals surface area contributed by atoms with Crippen molar-refractivity contribution < 1.29 is 18.3 Å². The molecule has 29 heavy (non-hydrogen) atoms. The molecule has 6 nitrogen and oxygen atoms in total. The van der Waals surface area contributed by atoms with Crippen molar-refractivity contribution in [2.75, 3.05) is 19.0 Å². The van der Waals surface area contributed by atoms with Gasteiger partial charge >= 0.3 is 0 Å². The Morgan fingerprint density at radius 3 is 2.55 bits per heavy atom. The van der Waals surface area contributed by atoms with Crippen LogP contribution in [0.25, 0.3) is 10.6 Å². The highest BCUT2D eigenvalue weighted by atomic mass is 35.5. The van der Waals surface area contributed by atoms with Gasteiger partial charge in [-0.05, 0) is 12.1 Å². The van der Waals surface area contributed by atoms with Crippen molar-refractivity contribution in [3.63, 3.8) is 0 Å². The molecule has 1 unspecified atom stereocenters. The summed E-state index contributed by atoms with van der Waals surface area (Å²) in [6, 6.07) is 8.39. The number of methoxy groups -OCH3 is 1. The lowest BCUT2D eigenvalue weighted by molar-refractivity contribution is -0.119. The molecule has 1 amide bonds. The first-order chi connectivity index (χ1) is 14.0. The van der Waals surface area contributed by atoms with Crippen LogP contribution in [0.2, 0.25) is 5.02 Å². The van der Waals surface area contributed by atoms with E-state index in [0.29, 0.717) is 15.2 Å². The molecule has 0 radical (unpaired) electrons. The summed E-state index contributed by atoms with van der Waals surface area (Å²) in [5.74, 6) is -2.59. The average molecular weight is 437 g/mol. The lowest BCUT2D eigenvalue weighted by Crippen LogP contribution is -2.33. The molecule has 1 aliphatic heterocycles. The Kier molecular flexibility index (Phi) is 5.33. The van der Waals surface area contributed by atoms with Crippen LogP contribution in [0.4, 0.5) is 13.9 Å². The predicted octanol–water partition coefficient (Wildman–Crippen LogP) is 3.84. The number of nitrogens with one attached hydrogen (secondary N) is 2. The number of hydrogen-bond acceptors (Lipinski definition) is 6. The van der Waals surface area contributed by atoms with E-state index in [9.17, 15) is 13.6 Å². The van der Waals surface area contributed by atoms with Crippen LogP contribution in [0.1, 0.15) is 11.5 Å². The number of rotatable bonds is 5. The van der Waals surface area contributed by atoms with Crippen molar-refractivity contribution in [3.05, 3.63) is 58.6 Å². The molecule has 1 fully saturated rings. The van der Waals surface area contributed by atoms with Gasteiger partial charge in [-0.3, -0.25) is 4.79 Å². The lowest BCUT2D eigenvalue weighted by atomic mass is 9.93. The summed E-state index contributed by atoms with van der Waals surface area (Å²) in [6.45, 7) is 0.0967. The van der Waals surface area contributed by atoms with E-state index in [1.165, 1.54) is 18.4 Å². The smallest absolute Gasteiger partial charge is 0.243 e. The third-order valence-corrected chi connectivity index (χ3v) is 5.79. The second-order valence-corrected chi connectivity index (χ2v) is 7.81. The van der Waals surface area contributed by atoms with E-state index in [2.05, 4.69) is 20.8 Å². The molecule has 2 heterocycles. The zero-order valence-corrected chi connectivity index (χ0v) is 16.7. The molecule has 2 N–H and O–H groups in total. The molecular formula is C19H15ClF2N4O2S. The summed E-state index contributed by atoms with van der Waals surface area (Å²) in [5, 5.41) is 15.4. The van der Waals surface area contributed by atoms with Crippen LogP contribution in [0, 0.1) is 11.6 Å². The first-order valence-corrected chi connectivity index (χ1v) is 9.82. The normalized spacial score (nSPS) is 18.6. The standard InChI is InChI=1S/C19H15ClF2N4O2S/c1-28-11-6-13(21)15(14(22)7-11)12-8-23-17(27)16(12)24-19-26-25-18(29-19)9-2-4-10(20)5-3-9/h2-7,12,16H,8H2,1H3,(H,23,27)(H,24,26)/t12?,16-/m1/s1. The Morgan fingerprint density at radius 1 is 1.21 bits per heavy atom. The lowest BCUT2D eigenvalue weighted by Gasteiger charge is -2.19. The molecule has 1 aliphatic rings. The Morgan fingerprint density at radius 2 is 1.90 bits per heavy atom. The van der Waals surface area contributed by atoms with Gasteiger partial charge in [0.25, 0.3) is 0 Å². The Hall–Kier alpha value is -2.78. The van der Waals surface area contributed by atoms with Gasteiger partial charge < -0.3 is 15.4 Å². The second-order valence-electron chi connectivity index (χ2n) is 6.40. The molecule has 3 aromatic rings. The van der Waals surface area contributed by atoms with E-state index in [-0.39, 0.29) is 23.8 Å². The summed E-state index contributed by atoms with van der Waals surface area (Å²) in [6.07, 6.45) is 0. The maximum absolute atomic E-state index is 14.5. The van der Waals surface area contributed by atoms with Gasteiger partial charge in [-0.15, -0.1) is 10.2 Å². The minimum absolute atomic E-state index is 0.0715. The van der Waals surface area contributed by atoms with Gasteiger partial charge in [0.1, 0.15) is 28.4 Å². The van der Waals surface area contributed by atoms with Crippen LogP contribution in [0.3, 0.4) is 0 Å². The number of ether oxygens (including phenoxy) is 1. The molecule has 150 valence electrons. The first kappa shape index (κ1) is 19.5.